The van der Waals surface area contributed by atoms with Gasteiger partial charge in [0.05, 0.1) is 86.6 Å². The highest BCUT2D eigenvalue weighted by Gasteiger charge is 2.27. The molecule has 0 bridgehead atoms. The highest BCUT2D eigenvalue weighted by Crippen LogP contribution is 2.50. The van der Waals surface area contributed by atoms with Gasteiger partial charge in [0.1, 0.15) is 33.4 Å². The second-order valence-electron chi connectivity index (χ2n) is 11.5. The summed E-state index contributed by atoms with van der Waals surface area (Å²) < 4.78 is 145. The number of nitrogens with zero attached hydrogens (tertiary/aromatic N) is 4. The van der Waals surface area contributed by atoms with Crippen LogP contribution in [0.2, 0.25) is 0 Å². The molecule has 0 fully saturated rings. The fourth-order valence-electron chi connectivity index (χ4n) is 5.04. The molecule has 4 rings (SSSR count). The van der Waals surface area contributed by atoms with Crippen molar-refractivity contribution in [2.75, 3.05) is 37.6 Å². The van der Waals surface area contributed by atoms with E-state index < -0.39 is 97.5 Å². The molecule has 346 valence electrons. The van der Waals surface area contributed by atoms with Crippen molar-refractivity contribution in [3.05, 3.63) is 48.0 Å². The van der Waals surface area contributed by atoms with Gasteiger partial charge in [-0.25, -0.2) is 36.8 Å². The predicted octanol–water partition coefficient (Wildman–Crippen LogP) is 5.75. The number of hydrogen-bond acceptors (Lipinski definition) is 29. The molecular formula is C28H29N5O23S7. The van der Waals surface area contributed by atoms with E-state index in [4.69, 9.17) is 35.0 Å². The van der Waals surface area contributed by atoms with Gasteiger partial charge in [-0.2, -0.15) is 16.8 Å². The lowest BCUT2D eigenvalue weighted by molar-refractivity contribution is -0.434. The van der Waals surface area contributed by atoms with E-state index in [1.165, 1.54) is 20.1 Å². The number of aromatic hydroxyl groups is 1. The number of aryl methyl sites for hydroxylation is 1. The maximum absolute atomic E-state index is 13.0. The van der Waals surface area contributed by atoms with Crippen molar-refractivity contribution in [3.63, 3.8) is 0 Å². The first-order chi connectivity index (χ1) is 29.6. The number of methoxy groups -OCH3 is 1. The van der Waals surface area contributed by atoms with Crippen LogP contribution in [0.3, 0.4) is 0 Å². The number of fused-ring (bicyclic) bond motifs is 1. The molecule has 0 heterocycles. The molecular weight excluding hydrogens is 999 g/mol. The van der Waals surface area contributed by atoms with Gasteiger partial charge >= 0.3 is 10.4 Å². The molecule has 0 saturated carbocycles. The van der Waals surface area contributed by atoms with Gasteiger partial charge in [0.2, 0.25) is 0 Å². The van der Waals surface area contributed by atoms with Gasteiger partial charge in [0, 0.05) is 6.07 Å². The molecule has 4 aromatic carbocycles. The quantitative estimate of drug-likeness (QED) is 0.00835. The maximum Gasteiger partial charge on any atom is 0.397 e. The zero-order chi connectivity index (χ0) is 46.8. The first kappa shape index (κ1) is 51.7. The summed E-state index contributed by atoms with van der Waals surface area (Å²) in [5, 5.41) is 63.1. The maximum atomic E-state index is 13.0. The Morgan fingerprint density at radius 1 is 0.698 bits per heavy atom. The second-order valence-corrected chi connectivity index (χ2v) is 20.1. The molecule has 0 aliphatic rings. The van der Waals surface area contributed by atoms with Gasteiger partial charge in [-0.3, -0.25) is 13.3 Å². The topological polar surface area (TPSA) is 416 Å². The van der Waals surface area contributed by atoms with Crippen LogP contribution in [-0.4, -0.2) is 95.5 Å². The van der Waals surface area contributed by atoms with Gasteiger partial charge in [0.25, 0.3) is 10.1 Å². The van der Waals surface area contributed by atoms with Gasteiger partial charge in [-0.1, -0.05) is 15.1 Å². The molecule has 0 amide bonds. The normalized spacial score (nSPS) is 12.9. The van der Waals surface area contributed by atoms with E-state index in [1.54, 1.807) is 0 Å². The summed E-state index contributed by atoms with van der Waals surface area (Å²) in [5.41, 5.74) is 4.12. The summed E-state index contributed by atoms with van der Waals surface area (Å²) in [6.07, 6.45) is 0. The van der Waals surface area contributed by atoms with Crippen LogP contribution in [0.15, 0.2) is 87.4 Å². The van der Waals surface area contributed by atoms with E-state index in [0.717, 1.165) is 36.4 Å². The third-order valence-corrected chi connectivity index (χ3v) is 14.1. The van der Waals surface area contributed by atoms with Crippen LogP contribution in [0.25, 0.3) is 10.8 Å². The number of sulfone groups is 2. The molecule has 0 spiro atoms. The Morgan fingerprint density at radius 2 is 1.32 bits per heavy atom. The minimum absolute atomic E-state index is 0.0947. The van der Waals surface area contributed by atoms with Gasteiger partial charge < -0.3 is 15.6 Å². The third kappa shape index (κ3) is 13.8. The zero-order valence-corrected chi connectivity index (χ0v) is 36.9. The fourth-order valence-corrected chi connectivity index (χ4v) is 9.94. The number of nitrogens with two attached hydrogens (primary N) is 1. The summed E-state index contributed by atoms with van der Waals surface area (Å²) in [6, 6.07) is 7.13. The Bertz CT molecular complexity index is 2830. The lowest BCUT2D eigenvalue weighted by Crippen LogP contribution is -2.15. The number of rotatable bonds is 24. The third-order valence-electron chi connectivity index (χ3n) is 7.64. The average molecular weight is 1030 g/mol. The second kappa shape index (κ2) is 22.3. The van der Waals surface area contributed by atoms with Crippen molar-refractivity contribution in [1.29, 1.82) is 0 Å². The predicted molar refractivity (Wildman–Crippen MR) is 214 cm³/mol. The highest BCUT2D eigenvalue weighted by atomic mass is 32.3. The minimum Gasteiger partial charge on any atom is -0.505 e. The van der Waals surface area contributed by atoms with Gasteiger partial charge in [-0.05, 0) is 54.3 Å². The van der Waals surface area contributed by atoms with E-state index in [-0.39, 0.29) is 84.6 Å². The van der Waals surface area contributed by atoms with Crippen molar-refractivity contribution in [2.24, 2.45) is 20.5 Å². The van der Waals surface area contributed by atoms with E-state index in [9.17, 15) is 43.3 Å². The summed E-state index contributed by atoms with van der Waals surface area (Å²) in [7, 11) is -17.4. The molecule has 0 aromatic heterocycles. The summed E-state index contributed by atoms with van der Waals surface area (Å²) in [6.45, 7) is 0.0490. The summed E-state index contributed by atoms with van der Waals surface area (Å²) in [4.78, 5) is -2.21. The van der Waals surface area contributed by atoms with Gasteiger partial charge in [-0.15, -0.1) is 33.5 Å². The lowest BCUT2D eigenvalue weighted by atomic mass is 10.1. The molecule has 0 atom stereocenters. The van der Waals surface area contributed by atoms with Crippen LogP contribution in [-0.2, 0) is 76.7 Å². The molecule has 4 aromatic rings. The van der Waals surface area contributed by atoms with Crippen molar-refractivity contribution in [3.8, 4) is 11.5 Å². The molecule has 35 heteroatoms. The number of phenols is 1. The van der Waals surface area contributed by atoms with E-state index in [2.05, 4.69) is 52.8 Å². The molecule has 28 nitrogen and oxygen atoms in total. The van der Waals surface area contributed by atoms with E-state index >= 15 is 0 Å². The minimum atomic E-state index is -5.24. The monoisotopic (exact) mass is 1030 g/mol. The number of benzene rings is 4. The van der Waals surface area contributed by atoms with Crippen molar-refractivity contribution in [2.45, 2.75) is 31.4 Å². The van der Waals surface area contributed by atoms with Crippen molar-refractivity contribution >= 4 is 116 Å². The Hall–Kier alpha value is -3.93. The zero-order valence-electron chi connectivity index (χ0n) is 31.2. The first-order valence-corrected chi connectivity index (χ1v) is 24.2. The average Bonchev–Trinajstić information content (AvgIpc) is 3.20. The summed E-state index contributed by atoms with van der Waals surface area (Å²) >= 11 is 0.563. The van der Waals surface area contributed by atoms with Crippen molar-refractivity contribution in [1.82, 2.24) is 0 Å². The summed E-state index contributed by atoms with van der Waals surface area (Å²) in [5.74, 6) is -2.49. The van der Waals surface area contributed by atoms with E-state index in [1.807, 2.05) is 0 Å². The number of anilines is 1. The van der Waals surface area contributed by atoms with Crippen LogP contribution in [0, 0.1) is 6.92 Å². The Balaban J connectivity index is 1.85. The Labute approximate surface area is 367 Å². The largest absolute Gasteiger partial charge is 0.505 e. The molecule has 63 heavy (non-hydrogen) atoms. The SMILES string of the molecule is COc1cc(S(=O)(=O)CCOSOOO)c(C)cc1N=Nc1c(SOOO)cc2cc(S(=O)(=O)O)c(N=Nc3ccc(S(=O)(=O)CCOS(=O)(=O)O)cc3SOOO)c(N)c2c1O. The standard InChI is InChI=1S/C28H29N5O23S7/c1-14-9-18(19(48-2)13-22(14)61(40,41)7-5-49-59-56-53-37)31-32-26-21(58-55-52-36)10-15-11-23(62(42,43)44)27(25(29)24(15)28(26)34)33-30-17-4-3-16(12-20(17)57-54-51-35)60(38,39)8-6-50-63(45,46)47/h3-4,9-13,34-37H,5-8,29H2,1-2H3,(H,42,43,44)(H,45,46,47). The van der Waals surface area contributed by atoms with Crippen LogP contribution in [0.4, 0.5) is 28.4 Å². The molecule has 0 unspecified atom stereocenters. The highest BCUT2D eigenvalue weighted by molar-refractivity contribution is 7.95. The molecule has 0 saturated heterocycles. The van der Waals surface area contributed by atoms with Gasteiger partial charge in [0.15, 0.2) is 37.7 Å². The molecule has 0 aliphatic carbocycles. The number of ether oxygens (including phenoxy) is 1. The fraction of sp³-hybridized carbons (Fsp3) is 0.214. The lowest BCUT2D eigenvalue weighted by Gasteiger charge is -2.14. The number of nitrogen functional groups attached to an aromatic ring is 1. The molecule has 0 radical (unpaired) electrons. The smallest absolute Gasteiger partial charge is 0.397 e. The molecule has 8 N–H and O–H groups in total. The van der Waals surface area contributed by atoms with E-state index in [0.29, 0.717) is 0 Å². The number of phenolic OH excluding ortho intramolecular Hbond substituents is 1. The van der Waals surface area contributed by atoms with Crippen LogP contribution < -0.4 is 10.5 Å². The Kier molecular flexibility index (Phi) is 18.3. The van der Waals surface area contributed by atoms with Crippen LogP contribution in [0.5, 0.6) is 11.5 Å². The Morgan fingerprint density at radius 3 is 1.94 bits per heavy atom. The first-order valence-electron chi connectivity index (χ1n) is 16.0. The number of azo groups is 2. The van der Waals surface area contributed by atoms with Crippen LogP contribution in [0.1, 0.15) is 5.56 Å². The number of hydrogen-bond donors (Lipinski definition) is 7. The van der Waals surface area contributed by atoms with Crippen LogP contribution >= 0.6 is 36.4 Å². The molecule has 0 aliphatic heterocycles. The van der Waals surface area contributed by atoms with Crippen molar-refractivity contribution < 1.29 is 105 Å².